The summed E-state index contributed by atoms with van der Waals surface area (Å²) in [5, 5.41) is 8.72. The Morgan fingerprint density at radius 3 is 2.42 bits per heavy atom. The van der Waals surface area contributed by atoms with Crippen molar-refractivity contribution in [3.63, 3.8) is 0 Å². The van der Waals surface area contributed by atoms with Crippen LogP contribution >= 0.6 is 11.6 Å². The highest BCUT2D eigenvalue weighted by atomic mass is 35.5. The van der Waals surface area contributed by atoms with Gasteiger partial charge in [-0.3, -0.25) is 9.59 Å². The first-order valence-electron chi connectivity index (χ1n) is 6.04. The Morgan fingerprint density at radius 2 is 1.95 bits per heavy atom. The van der Waals surface area contributed by atoms with Crippen LogP contribution in [0.5, 0.6) is 0 Å². The summed E-state index contributed by atoms with van der Waals surface area (Å²) in [6, 6.07) is 2.54. The molecule has 0 aliphatic carbocycles. The lowest BCUT2D eigenvalue weighted by Crippen LogP contribution is -2.06. The smallest absolute Gasteiger partial charge is 0.303 e. The van der Waals surface area contributed by atoms with Crippen LogP contribution in [0.4, 0.5) is 4.39 Å². The molecule has 19 heavy (non-hydrogen) atoms. The molecule has 0 saturated heterocycles. The molecule has 0 amide bonds. The maximum atomic E-state index is 13.9. The Labute approximate surface area is 116 Å². The number of aliphatic carboxylic acids is 1. The fourth-order valence-electron chi connectivity index (χ4n) is 1.73. The zero-order valence-electron chi connectivity index (χ0n) is 10.9. The van der Waals surface area contributed by atoms with Crippen molar-refractivity contribution in [2.75, 3.05) is 0 Å². The highest BCUT2D eigenvalue weighted by Crippen LogP contribution is 2.25. The standard InChI is InChI=1S/C14H16ClFO3/c1-8(2)5-10-11(15)6-9(7-12(10)16)13(17)3-4-14(18)19/h6-8H,3-5H2,1-2H3,(H,18,19). The summed E-state index contributed by atoms with van der Waals surface area (Å²) in [5.74, 6) is -1.74. The third kappa shape index (κ3) is 4.63. The molecule has 1 N–H and O–H groups in total. The van der Waals surface area contributed by atoms with E-state index in [1.54, 1.807) is 0 Å². The predicted molar refractivity (Wildman–Crippen MR) is 71.2 cm³/mol. The summed E-state index contributed by atoms with van der Waals surface area (Å²) in [7, 11) is 0. The third-order valence-electron chi connectivity index (χ3n) is 2.64. The van der Waals surface area contributed by atoms with Crippen LogP contribution < -0.4 is 0 Å². The van der Waals surface area contributed by atoms with Crippen LogP contribution in [0.15, 0.2) is 12.1 Å². The van der Waals surface area contributed by atoms with E-state index in [-0.39, 0.29) is 29.3 Å². The van der Waals surface area contributed by atoms with E-state index in [4.69, 9.17) is 16.7 Å². The summed E-state index contributed by atoms with van der Waals surface area (Å²) in [6.45, 7) is 3.89. The first kappa shape index (κ1) is 15.6. The number of Topliss-reactive ketones (excluding diaryl/α,β-unsaturated/α-hetero) is 1. The van der Waals surface area contributed by atoms with Gasteiger partial charge in [0, 0.05) is 22.6 Å². The number of carboxylic acids is 1. The molecule has 0 unspecified atom stereocenters. The van der Waals surface area contributed by atoms with E-state index in [0.717, 1.165) is 6.07 Å². The quantitative estimate of drug-likeness (QED) is 0.811. The topological polar surface area (TPSA) is 54.4 Å². The Kier molecular flexibility index (Phi) is 5.48. The molecular formula is C14H16ClFO3. The van der Waals surface area contributed by atoms with E-state index in [1.165, 1.54) is 6.07 Å². The van der Waals surface area contributed by atoms with Gasteiger partial charge in [0.15, 0.2) is 5.78 Å². The SMILES string of the molecule is CC(C)Cc1c(F)cc(C(=O)CCC(=O)O)cc1Cl. The highest BCUT2D eigenvalue weighted by Gasteiger charge is 2.15. The van der Waals surface area contributed by atoms with E-state index in [0.29, 0.717) is 12.0 Å². The highest BCUT2D eigenvalue weighted by molar-refractivity contribution is 6.31. The number of rotatable bonds is 6. The zero-order valence-corrected chi connectivity index (χ0v) is 11.6. The second-order valence-corrected chi connectivity index (χ2v) is 5.24. The van der Waals surface area contributed by atoms with Gasteiger partial charge in [-0.2, -0.15) is 0 Å². The average molecular weight is 287 g/mol. The summed E-state index contributed by atoms with van der Waals surface area (Å²) in [4.78, 5) is 22.1. The van der Waals surface area contributed by atoms with Gasteiger partial charge in [0.05, 0.1) is 6.42 Å². The van der Waals surface area contributed by atoms with Crippen LogP contribution in [0.25, 0.3) is 0 Å². The van der Waals surface area contributed by atoms with Crippen molar-refractivity contribution in [1.29, 1.82) is 0 Å². The molecular weight excluding hydrogens is 271 g/mol. The van der Waals surface area contributed by atoms with Crippen LogP contribution in [-0.2, 0) is 11.2 Å². The summed E-state index contributed by atoms with van der Waals surface area (Å²) in [6.07, 6.45) is 0.0642. The van der Waals surface area contributed by atoms with Gasteiger partial charge in [-0.1, -0.05) is 25.4 Å². The molecule has 0 fully saturated rings. The van der Waals surface area contributed by atoms with Crippen molar-refractivity contribution in [3.8, 4) is 0 Å². The third-order valence-corrected chi connectivity index (χ3v) is 2.98. The van der Waals surface area contributed by atoms with Crippen molar-refractivity contribution in [3.05, 3.63) is 34.1 Å². The molecule has 0 aliphatic heterocycles. The second kappa shape index (κ2) is 6.66. The molecule has 5 heteroatoms. The maximum Gasteiger partial charge on any atom is 0.303 e. The number of carbonyl (C=O) groups excluding carboxylic acids is 1. The largest absolute Gasteiger partial charge is 0.481 e. The first-order valence-corrected chi connectivity index (χ1v) is 6.42. The van der Waals surface area contributed by atoms with Gasteiger partial charge in [-0.05, 0) is 24.5 Å². The minimum Gasteiger partial charge on any atom is -0.481 e. The molecule has 1 rings (SSSR count). The molecule has 3 nitrogen and oxygen atoms in total. The number of carboxylic acid groups (broad SMARTS) is 1. The average Bonchev–Trinajstić information content (AvgIpc) is 2.30. The van der Waals surface area contributed by atoms with Crippen LogP contribution in [0.3, 0.4) is 0 Å². The molecule has 1 aromatic carbocycles. The van der Waals surface area contributed by atoms with Crippen molar-refractivity contribution in [2.45, 2.75) is 33.1 Å². The molecule has 0 heterocycles. The summed E-state index contributed by atoms with van der Waals surface area (Å²) < 4.78 is 13.9. The Balaban J connectivity index is 2.94. The monoisotopic (exact) mass is 286 g/mol. The number of carbonyl (C=O) groups is 2. The summed E-state index contributed by atoms with van der Waals surface area (Å²) in [5.41, 5.74) is 0.516. The van der Waals surface area contributed by atoms with E-state index in [2.05, 4.69) is 0 Å². The van der Waals surface area contributed by atoms with Crippen LogP contribution in [0.1, 0.15) is 42.6 Å². The second-order valence-electron chi connectivity index (χ2n) is 4.83. The molecule has 0 saturated carbocycles. The van der Waals surface area contributed by atoms with E-state index >= 15 is 0 Å². The van der Waals surface area contributed by atoms with Gasteiger partial charge in [0.25, 0.3) is 0 Å². The molecule has 104 valence electrons. The first-order chi connectivity index (χ1) is 8.81. The van der Waals surface area contributed by atoms with Crippen LogP contribution in [-0.4, -0.2) is 16.9 Å². The van der Waals surface area contributed by atoms with Gasteiger partial charge in [-0.15, -0.1) is 0 Å². The lowest BCUT2D eigenvalue weighted by atomic mass is 9.98. The molecule has 0 atom stereocenters. The molecule has 0 aromatic heterocycles. The number of hydrogen-bond donors (Lipinski definition) is 1. The van der Waals surface area contributed by atoms with Crippen molar-refractivity contribution < 1.29 is 19.1 Å². The molecule has 0 bridgehead atoms. The van der Waals surface area contributed by atoms with Crippen molar-refractivity contribution >= 4 is 23.4 Å². The molecule has 0 radical (unpaired) electrons. The minimum absolute atomic E-state index is 0.122. The van der Waals surface area contributed by atoms with Gasteiger partial charge in [-0.25, -0.2) is 4.39 Å². The summed E-state index contributed by atoms with van der Waals surface area (Å²) >= 11 is 5.98. The van der Waals surface area contributed by atoms with Gasteiger partial charge >= 0.3 is 5.97 Å². The number of hydrogen-bond acceptors (Lipinski definition) is 2. The number of benzene rings is 1. The molecule has 0 spiro atoms. The molecule has 1 aromatic rings. The van der Waals surface area contributed by atoms with Gasteiger partial charge < -0.3 is 5.11 Å². The maximum absolute atomic E-state index is 13.9. The van der Waals surface area contributed by atoms with E-state index in [9.17, 15) is 14.0 Å². The van der Waals surface area contributed by atoms with Crippen molar-refractivity contribution in [2.24, 2.45) is 5.92 Å². The van der Waals surface area contributed by atoms with E-state index < -0.39 is 17.6 Å². The Morgan fingerprint density at radius 1 is 1.32 bits per heavy atom. The lowest BCUT2D eigenvalue weighted by Gasteiger charge is -2.10. The van der Waals surface area contributed by atoms with Gasteiger partial charge in [0.2, 0.25) is 0 Å². The number of halogens is 2. The van der Waals surface area contributed by atoms with E-state index in [1.807, 2.05) is 13.8 Å². The fraction of sp³-hybridized carbons (Fsp3) is 0.429. The normalized spacial score (nSPS) is 10.8. The Hall–Kier alpha value is -1.42. The van der Waals surface area contributed by atoms with Crippen molar-refractivity contribution in [1.82, 2.24) is 0 Å². The van der Waals surface area contributed by atoms with Crippen LogP contribution in [0, 0.1) is 11.7 Å². The minimum atomic E-state index is -1.06. The van der Waals surface area contributed by atoms with Crippen LogP contribution in [0.2, 0.25) is 5.02 Å². The predicted octanol–water partition coefficient (Wildman–Crippen LogP) is 3.73. The lowest BCUT2D eigenvalue weighted by molar-refractivity contribution is -0.136. The molecule has 0 aliphatic rings. The van der Waals surface area contributed by atoms with Gasteiger partial charge in [0.1, 0.15) is 5.82 Å². The Bertz CT molecular complexity index is 474. The number of ketones is 1. The zero-order chi connectivity index (χ0) is 14.6. The fourth-order valence-corrected chi connectivity index (χ4v) is 2.02.